The smallest absolute Gasteiger partial charge is 0.348 e. The van der Waals surface area contributed by atoms with E-state index in [-0.39, 0.29) is 12.5 Å². The monoisotopic (exact) mass is 373 g/mol. The SMILES string of the molecule is COc1ccc(C)cc1NC(=O)COC(=O)c1cc2c(s1)CCCCC2. The number of carbonyl (C=O) groups excluding carboxylic acids is 2. The fourth-order valence-corrected chi connectivity index (χ4v) is 4.22. The largest absolute Gasteiger partial charge is 0.495 e. The molecule has 1 aliphatic carbocycles. The maximum absolute atomic E-state index is 12.3. The minimum Gasteiger partial charge on any atom is -0.495 e. The van der Waals surface area contributed by atoms with Crippen molar-refractivity contribution in [2.24, 2.45) is 0 Å². The van der Waals surface area contributed by atoms with Crippen molar-refractivity contribution in [3.63, 3.8) is 0 Å². The Kier molecular flexibility index (Phi) is 5.93. The van der Waals surface area contributed by atoms with Gasteiger partial charge in [-0.1, -0.05) is 12.5 Å². The van der Waals surface area contributed by atoms with Crippen molar-refractivity contribution in [3.8, 4) is 5.75 Å². The second-order valence-electron chi connectivity index (χ2n) is 6.45. The fourth-order valence-electron chi connectivity index (χ4n) is 3.08. The van der Waals surface area contributed by atoms with E-state index in [1.54, 1.807) is 13.2 Å². The van der Waals surface area contributed by atoms with Gasteiger partial charge < -0.3 is 14.8 Å². The fraction of sp³-hybridized carbons (Fsp3) is 0.400. The molecule has 0 bridgehead atoms. The molecule has 2 aromatic rings. The summed E-state index contributed by atoms with van der Waals surface area (Å²) < 4.78 is 10.4. The van der Waals surface area contributed by atoms with Gasteiger partial charge in [-0.05, 0) is 61.9 Å². The van der Waals surface area contributed by atoms with Gasteiger partial charge in [0.05, 0.1) is 12.8 Å². The Morgan fingerprint density at radius 2 is 1.96 bits per heavy atom. The van der Waals surface area contributed by atoms with Gasteiger partial charge in [-0.25, -0.2) is 4.79 Å². The minimum absolute atomic E-state index is 0.321. The number of carbonyl (C=O) groups is 2. The molecule has 3 rings (SSSR count). The number of fused-ring (bicyclic) bond motifs is 1. The van der Waals surface area contributed by atoms with Gasteiger partial charge in [0.2, 0.25) is 0 Å². The number of hydrogen-bond acceptors (Lipinski definition) is 5. The van der Waals surface area contributed by atoms with Gasteiger partial charge in [-0.3, -0.25) is 4.79 Å². The molecule has 0 saturated heterocycles. The lowest BCUT2D eigenvalue weighted by Gasteiger charge is -2.11. The van der Waals surface area contributed by atoms with Gasteiger partial charge in [-0.2, -0.15) is 0 Å². The molecule has 5 nitrogen and oxygen atoms in total. The van der Waals surface area contributed by atoms with Gasteiger partial charge in [0.1, 0.15) is 10.6 Å². The summed E-state index contributed by atoms with van der Waals surface area (Å²) in [6.07, 6.45) is 5.62. The Morgan fingerprint density at radius 3 is 2.77 bits per heavy atom. The Balaban J connectivity index is 1.58. The summed E-state index contributed by atoms with van der Waals surface area (Å²) in [5, 5.41) is 2.73. The van der Waals surface area contributed by atoms with Crippen LogP contribution in [0, 0.1) is 6.92 Å². The molecule has 1 amide bonds. The first kappa shape index (κ1) is 18.5. The summed E-state index contributed by atoms with van der Waals surface area (Å²) in [5.74, 6) is -0.257. The van der Waals surface area contributed by atoms with Crippen LogP contribution in [-0.2, 0) is 22.4 Å². The first-order chi connectivity index (χ1) is 12.6. The molecule has 1 heterocycles. The highest BCUT2D eigenvalue weighted by molar-refractivity contribution is 7.14. The van der Waals surface area contributed by atoms with Crippen molar-refractivity contribution in [2.45, 2.75) is 39.0 Å². The summed E-state index contributed by atoms with van der Waals surface area (Å²) >= 11 is 1.49. The summed E-state index contributed by atoms with van der Waals surface area (Å²) in [6, 6.07) is 7.43. The van der Waals surface area contributed by atoms with Crippen molar-refractivity contribution in [2.75, 3.05) is 19.0 Å². The molecule has 1 aliphatic rings. The number of benzene rings is 1. The third-order valence-corrected chi connectivity index (χ3v) is 5.63. The zero-order valence-corrected chi connectivity index (χ0v) is 15.9. The van der Waals surface area contributed by atoms with Gasteiger partial charge >= 0.3 is 5.97 Å². The number of esters is 1. The molecule has 1 aromatic carbocycles. The van der Waals surface area contributed by atoms with Gasteiger partial charge in [0.25, 0.3) is 5.91 Å². The molecule has 0 spiro atoms. The molecule has 0 aliphatic heterocycles. The van der Waals surface area contributed by atoms with E-state index in [2.05, 4.69) is 5.32 Å². The second kappa shape index (κ2) is 8.36. The highest BCUT2D eigenvalue weighted by Crippen LogP contribution is 2.29. The number of amides is 1. The lowest BCUT2D eigenvalue weighted by molar-refractivity contribution is -0.119. The van der Waals surface area contributed by atoms with E-state index in [4.69, 9.17) is 9.47 Å². The van der Waals surface area contributed by atoms with Crippen LogP contribution < -0.4 is 10.1 Å². The van der Waals surface area contributed by atoms with Crippen LogP contribution in [0.4, 0.5) is 5.69 Å². The van der Waals surface area contributed by atoms with Crippen LogP contribution in [-0.4, -0.2) is 25.6 Å². The van der Waals surface area contributed by atoms with Crippen LogP contribution in [0.15, 0.2) is 24.3 Å². The average molecular weight is 373 g/mol. The predicted molar refractivity (Wildman–Crippen MR) is 102 cm³/mol. The molecule has 0 saturated carbocycles. The van der Waals surface area contributed by atoms with E-state index < -0.39 is 5.97 Å². The standard InChI is InChI=1S/C20H23NO4S/c1-13-8-9-16(24-2)15(10-13)21-19(22)12-25-20(23)18-11-14-6-4-3-5-7-17(14)26-18/h8-11H,3-7,12H2,1-2H3,(H,21,22). The van der Waals surface area contributed by atoms with E-state index >= 15 is 0 Å². The molecule has 1 N–H and O–H groups in total. The molecule has 0 atom stereocenters. The third-order valence-electron chi connectivity index (χ3n) is 4.41. The molecule has 1 aromatic heterocycles. The first-order valence-corrected chi connectivity index (χ1v) is 9.61. The number of nitrogens with one attached hydrogen (secondary N) is 1. The van der Waals surface area contributed by atoms with Crippen molar-refractivity contribution < 1.29 is 19.1 Å². The van der Waals surface area contributed by atoms with Crippen molar-refractivity contribution in [1.29, 1.82) is 0 Å². The van der Waals surface area contributed by atoms with Crippen molar-refractivity contribution >= 4 is 28.9 Å². The molecule has 0 radical (unpaired) electrons. The van der Waals surface area contributed by atoms with Gasteiger partial charge in [0.15, 0.2) is 6.61 Å². The highest BCUT2D eigenvalue weighted by atomic mass is 32.1. The molecule has 0 unspecified atom stereocenters. The quantitative estimate of drug-likeness (QED) is 0.632. The number of aryl methyl sites for hydroxylation is 3. The number of anilines is 1. The Morgan fingerprint density at radius 1 is 1.15 bits per heavy atom. The van der Waals surface area contributed by atoms with Crippen LogP contribution in [0.25, 0.3) is 0 Å². The summed E-state index contributed by atoms with van der Waals surface area (Å²) in [7, 11) is 1.54. The van der Waals surface area contributed by atoms with E-state index in [1.165, 1.54) is 41.0 Å². The van der Waals surface area contributed by atoms with Crippen LogP contribution in [0.1, 0.15) is 44.9 Å². The number of hydrogen-bond donors (Lipinski definition) is 1. The maximum atomic E-state index is 12.3. The zero-order chi connectivity index (χ0) is 18.5. The summed E-state index contributed by atoms with van der Waals surface area (Å²) in [6.45, 7) is 1.61. The Hall–Kier alpha value is -2.34. The van der Waals surface area contributed by atoms with Crippen LogP contribution in [0.2, 0.25) is 0 Å². The van der Waals surface area contributed by atoms with Crippen LogP contribution in [0.3, 0.4) is 0 Å². The molecule has 0 fully saturated rings. The lowest BCUT2D eigenvalue weighted by atomic mass is 10.1. The highest BCUT2D eigenvalue weighted by Gasteiger charge is 2.18. The van der Waals surface area contributed by atoms with Crippen molar-refractivity contribution in [1.82, 2.24) is 0 Å². The number of rotatable bonds is 5. The summed E-state index contributed by atoms with van der Waals surface area (Å²) in [5.41, 5.74) is 2.82. The van der Waals surface area contributed by atoms with E-state index in [0.29, 0.717) is 16.3 Å². The number of ether oxygens (including phenoxy) is 2. The Labute approximate surface area is 157 Å². The third kappa shape index (κ3) is 4.43. The molecule has 138 valence electrons. The van der Waals surface area contributed by atoms with Gasteiger partial charge in [0, 0.05) is 4.88 Å². The summed E-state index contributed by atoms with van der Waals surface area (Å²) in [4.78, 5) is 26.3. The van der Waals surface area contributed by atoms with Crippen LogP contribution in [0.5, 0.6) is 5.75 Å². The molecule has 26 heavy (non-hydrogen) atoms. The van der Waals surface area contributed by atoms with E-state index in [1.807, 2.05) is 25.1 Å². The lowest BCUT2D eigenvalue weighted by Crippen LogP contribution is -2.21. The zero-order valence-electron chi connectivity index (χ0n) is 15.1. The minimum atomic E-state index is -0.436. The normalized spacial score (nSPS) is 13.5. The van der Waals surface area contributed by atoms with E-state index in [0.717, 1.165) is 18.4 Å². The molecule has 6 heteroatoms. The van der Waals surface area contributed by atoms with E-state index in [9.17, 15) is 9.59 Å². The molecular formula is C20H23NO4S. The number of methoxy groups -OCH3 is 1. The maximum Gasteiger partial charge on any atom is 0.348 e. The molecular weight excluding hydrogens is 350 g/mol. The predicted octanol–water partition coefficient (Wildman–Crippen LogP) is 4.13. The van der Waals surface area contributed by atoms with Crippen molar-refractivity contribution in [3.05, 3.63) is 45.1 Å². The average Bonchev–Trinajstić information content (AvgIpc) is 2.91. The first-order valence-electron chi connectivity index (χ1n) is 8.80. The van der Waals surface area contributed by atoms with Gasteiger partial charge in [-0.15, -0.1) is 11.3 Å². The van der Waals surface area contributed by atoms with Crippen LogP contribution >= 0.6 is 11.3 Å². The second-order valence-corrected chi connectivity index (χ2v) is 7.58. The topological polar surface area (TPSA) is 64.6 Å². The Bertz CT molecular complexity index is 789. The number of thiophene rings is 1.